The number of nitrogens with zero attached hydrogens (tertiary/aromatic N) is 1. The molecule has 0 fully saturated rings. The maximum atomic E-state index is 12.1. The molecule has 0 spiro atoms. The molecule has 0 N–H and O–H groups in total. The third-order valence-corrected chi connectivity index (χ3v) is 3.09. The Morgan fingerprint density at radius 2 is 1.79 bits per heavy atom. The Balaban J connectivity index is 4.95. The maximum Gasteiger partial charge on any atom is 0.414 e. The molecule has 19 heavy (non-hydrogen) atoms. The second-order valence-corrected chi connectivity index (χ2v) is 8.80. The van der Waals surface area contributed by atoms with E-state index < -0.39 is 26.5 Å². The highest BCUT2D eigenvalue weighted by molar-refractivity contribution is 6.56. The fourth-order valence-electron chi connectivity index (χ4n) is 1.30. The van der Waals surface area contributed by atoms with Crippen molar-refractivity contribution < 1.29 is 19.1 Å². The van der Waals surface area contributed by atoms with Gasteiger partial charge < -0.3 is 9.47 Å². The van der Waals surface area contributed by atoms with Gasteiger partial charge in [0.2, 0.25) is 0 Å². The van der Waals surface area contributed by atoms with Gasteiger partial charge in [-0.1, -0.05) is 19.7 Å². The summed E-state index contributed by atoms with van der Waals surface area (Å²) in [5, 5.41) is 0. The summed E-state index contributed by atoms with van der Waals surface area (Å²) in [6, 6.07) is 0. The first-order valence-electron chi connectivity index (χ1n) is 6.45. The molecule has 0 aliphatic heterocycles. The topological polar surface area (TPSA) is 55.8 Å². The zero-order valence-electron chi connectivity index (χ0n) is 12.8. The van der Waals surface area contributed by atoms with Gasteiger partial charge in [-0.25, -0.2) is 9.59 Å². The molecule has 0 saturated heterocycles. The van der Waals surface area contributed by atoms with Gasteiger partial charge in [-0.15, -0.1) is 0 Å². The Bertz CT molecular complexity index is 347. The van der Waals surface area contributed by atoms with Crippen molar-refractivity contribution in [2.75, 3.05) is 12.8 Å². The highest BCUT2D eigenvalue weighted by atomic mass is 28.3. The summed E-state index contributed by atoms with van der Waals surface area (Å²) in [4.78, 5) is 25.1. The smallest absolute Gasteiger partial charge is 0.414 e. The van der Waals surface area contributed by atoms with Crippen LogP contribution in [0.15, 0.2) is 12.3 Å². The second-order valence-electron chi connectivity index (χ2n) is 5.65. The van der Waals surface area contributed by atoms with Crippen LogP contribution in [0.1, 0.15) is 27.7 Å². The maximum absolute atomic E-state index is 12.1. The average Bonchev–Trinajstić information content (AvgIpc) is 2.22. The molecule has 110 valence electrons. The predicted molar refractivity (Wildman–Crippen MR) is 77.6 cm³/mol. The van der Waals surface area contributed by atoms with Crippen molar-refractivity contribution in [3.05, 3.63) is 12.3 Å². The van der Waals surface area contributed by atoms with E-state index in [1.165, 1.54) is 4.90 Å². The van der Waals surface area contributed by atoms with Gasteiger partial charge in [-0.05, 0) is 27.7 Å². The first-order chi connectivity index (χ1) is 8.58. The highest BCUT2D eigenvalue weighted by Gasteiger charge is 2.28. The number of hydrogen-bond acceptors (Lipinski definition) is 4. The molecule has 0 atom stereocenters. The standard InChI is InChI=1S/C13H25NO4Si/c1-8-17-11(15)10(2)14(9-19(6)7)12(16)18-13(3,4)5/h19H,2,8-9H2,1,3-7H3. The number of ether oxygens (including phenoxy) is 2. The molecule has 0 heterocycles. The van der Waals surface area contributed by atoms with E-state index in [4.69, 9.17) is 9.47 Å². The minimum Gasteiger partial charge on any atom is -0.461 e. The van der Waals surface area contributed by atoms with Crippen molar-refractivity contribution in [3.8, 4) is 0 Å². The van der Waals surface area contributed by atoms with Crippen LogP contribution in [0, 0.1) is 0 Å². The lowest BCUT2D eigenvalue weighted by Crippen LogP contribution is -2.42. The Kier molecular flexibility index (Phi) is 6.82. The molecule has 0 saturated carbocycles. The van der Waals surface area contributed by atoms with Crippen LogP contribution in [0.5, 0.6) is 0 Å². The summed E-state index contributed by atoms with van der Waals surface area (Å²) in [7, 11) is -1.11. The average molecular weight is 287 g/mol. The summed E-state index contributed by atoms with van der Waals surface area (Å²) in [6.07, 6.45) is -0.0567. The van der Waals surface area contributed by atoms with E-state index in [1.807, 2.05) is 0 Å². The van der Waals surface area contributed by atoms with E-state index >= 15 is 0 Å². The van der Waals surface area contributed by atoms with Crippen LogP contribution in [-0.2, 0) is 14.3 Å². The lowest BCUT2D eigenvalue weighted by Gasteiger charge is -2.28. The minimum absolute atomic E-state index is 0.0392. The fourth-order valence-corrected chi connectivity index (χ4v) is 2.40. The zero-order chi connectivity index (χ0) is 15.2. The van der Waals surface area contributed by atoms with E-state index in [2.05, 4.69) is 19.7 Å². The minimum atomic E-state index is -1.11. The Labute approximate surface area is 117 Å². The summed E-state index contributed by atoms with van der Waals surface area (Å²) >= 11 is 0. The predicted octanol–water partition coefficient (Wildman–Crippen LogP) is 2.33. The van der Waals surface area contributed by atoms with E-state index in [0.29, 0.717) is 6.17 Å². The number of carbonyl (C=O) groups is 2. The SMILES string of the molecule is C=C(C(=O)OCC)N(C[SiH](C)C)C(=O)OC(C)(C)C. The summed E-state index contributed by atoms with van der Waals surface area (Å²) < 4.78 is 10.2. The highest BCUT2D eigenvalue weighted by Crippen LogP contribution is 2.14. The fraction of sp³-hybridized carbons (Fsp3) is 0.692. The van der Waals surface area contributed by atoms with Crippen molar-refractivity contribution in [3.63, 3.8) is 0 Å². The van der Waals surface area contributed by atoms with Crippen LogP contribution in [0.3, 0.4) is 0 Å². The van der Waals surface area contributed by atoms with Crippen LogP contribution in [0.4, 0.5) is 4.79 Å². The second kappa shape index (κ2) is 7.33. The van der Waals surface area contributed by atoms with Crippen LogP contribution < -0.4 is 0 Å². The largest absolute Gasteiger partial charge is 0.461 e. The van der Waals surface area contributed by atoms with Gasteiger partial charge in [-0.3, -0.25) is 4.90 Å². The lowest BCUT2D eigenvalue weighted by molar-refractivity contribution is -0.140. The summed E-state index contributed by atoms with van der Waals surface area (Å²) in [5.41, 5.74) is -0.569. The van der Waals surface area contributed by atoms with Gasteiger partial charge in [0.25, 0.3) is 0 Å². The molecule has 0 radical (unpaired) electrons. The van der Waals surface area contributed by atoms with Gasteiger partial charge in [0.05, 0.1) is 15.4 Å². The van der Waals surface area contributed by atoms with E-state index in [1.54, 1.807) is 27.7 Å². The first kappa shape index (κ1) is 17.7. The van der Waals surface area contributed by atoms with Crippen molar-refractivity contribution in [2.45, 2.75) is 46.4 Å². The summed E-state index contributed by atoms with van der Waals surface area (Å²) in [6.45, 7) is 15.1. The number of amides is 1. The molecule has 5 nitrogen and oxygen atoms in total. The van der Waals surface area contributed by atoms with E-state index in [-0.39, 0.29) is 12.3 Å². The quantitative estimate of drug-likeness (QED) is 0.442. The Morgan fingerprint density at radius 3 is 2.16 bits per heavy atom. The zero-order valence-corrected chi connectivity index (χ0v) is 13.9. The molecule has 0 unspecified atom stereocenters. The summed E-state index contributed by atoms with van der Waals surface area (Å²) in [5.74, 6) is -0.581. The molecule has 1 amide bonds. The number of carbonyl (C=O) groups excluding carboxylic acids is 2. The molecule has 0 rings (SSSR count). The Hall–Kier alpha value is -1.30. The normalized spacial score (nSPS) is 11.1. The molecular weight excluding hydrogens is 262 g/mol. The van der Waals surface area contributed by atoms with Crippen LogP contribution in [0.2, 0.25) is 13.1 Å². The molecule has 0 aliphatic carbocycles. The third-order valence-electron chi connectivity index (χ3n) is 2.00. The monoisotopic (exact) mass is 287 g/mol. The molecule has 0 aromatic carbocycles. The molecule has 0 aliphatic rings. The van der Waals surface area contributed by atoms with Gasteiger partial charge in [0.15, 0.2) is 0 Å². The van der Waals surface area contributed by atoms with E-state index in [0.717, 1.165) is 0 Å². The molecule has 0 aromatic heterocycles. The van der Waals surface area contributed by atoms with Crippen molar-refractivity contribution >= 4 is 20.9 Å². The lowest BCUT2D eigenvalue weighted by atomic mass is 10.2. The Morgan fingerprint density at radius 1 is 1.26 bits per heavy atom. The molecule has 6 heteroatoms. The van der Waals surface area contributed by atoms with Crippen molar-refractivity contribution in [1.29, 1.82) is 0 Å². The van der Waals surface area contributed by atoms with Gasteiger partial charge in [0, 0.05) is 6.17 Å². The van der Waals surface area contributed by atoms with Crippen molar-refractivity contribution in [2.24, 2.45) is 0 Å². The molecule has 0 bridgehead atoms. The number of hydrogen-bond donors (Lipinski definition) is 0. The number of esters is 1. The van der Waals surface area contributed by atoms with Crippen molar-refractivity contribution in [1.82, 2.24) is 4.90 Å². The first-order valence-corrected chi connectivity index (χ1v) is 9.57. The van der Waals surface area contributed by atoms with Crippen LogP contribution in [0.25, 0.3) is 0 Å². The van der Waals surface area contributed by atoms with Gasteiger partial charge in [-0.2, -0.15) is 0 Å². The third kappa shape index (κ3) is 7.00. The van der Waals surface area contributed by atoms with E-state index in [9.17, 15) is 9.59 Å². The van der Waals surface area contributed by atoms with Crippen LogP contribution in [-0.4, -0.2) is 44.1 Å². The van der Waals surface area contributed by atoms with Crippen LogP contribution >= 0.6 is 0 Å². The van der Waals surface area contributed by atoms with Gasteiger partial charge >= 0.3 is 12.1 Å². The van der Waals surface area contributed by atoms with Gasteiger partial charge in [0.1, 0.15) is 11.3 Å². The molecular formula is C13H25NO4Si. The molecule has 0 aromatic rings. The number of rotatable bonds is 5.